The van der Waals surface area contributed by atoms with E-state index >= 15 is 0 Å². The molecular weight excluding hydrogens is 1060 g/mol. The molecule has 0 spiro atoms. The van der Waals surface area contributed by atoms with Gasteiger partial charge in [-0.05, 0) is 183 Å². The molecule has 0 radical (unpaired) electrons. The number of fused-ring (bicyclic) bond motifs is 8. The monoisotopic (exact) mass is 1120 g/mol. The van der Waals surface area contributed by atoms with Crippen LogP contribution in [0.2, 0.25) is 0 Å². The standard InChI is InChI=1S/C79H64B2N4S/c1-79(2,3)56-44-71-76-72(45-56)85(78-62(53-25-11-5-12-26-53)42-55(52-23-9-4-10-24-52)43-63(78)54-27-13-6-14-28-54)70-49-74-67(48-66(70)80(76)64-33-19-21-35-68(64)83(71)57-29-15-7-16-30-57)81-65-34-20-22-36-69(65)84(58-31-17-8-18-32-58)73-46-61(47-75(86-74)77(73)81)82-59-38-50-37-51(40-59)41-60(82)39-50/h4-36,42-51,59-60H,37-41H2,1-3H3. The summed E-state index contributed by atoms with van der Waals surface area (Å²) in [6, 6.07) is 96.3. The zero-order valence-corrected chi connectivity index (χ0v) is 49.7. The van der Waals surface area contributed by atoms with E-state index in [-0.39, 0.29) is 18.8 Å². The van der Waals surface area contributed by atoms with Crippen molar-refractivity contribution >= 4 is 115 Å². The molecular formula is C79H64B2N4S. The molecule has 11 aromatic carbocycles. The minimum atomic E-state index is -0.186. The Hall–Kier alpha value is -8.90. The van der Waals surface area contributed by atoms with Crippen LogP contribution in [0.15, 0.2) is 259 Å². The van der Waals surface area contributed by atoms with Gasteiger partial charge in [-0.1, -0.05) is 208 Å². The second-order valence-electron chi connectivity index (χ2n) is 26.4. The summed E-state index contributed by atoms with van der Waals surface area (Å²) in [5.41, 5.74) is 28.8. The highest BCUT2D eigenvalue weighted by Crippen LogP contribution is 2.56. The van der Waals surface area contributed by atoms with Crippen LogP contribution >= 0.6 is 11.8 Å². The zero-order chi connectivity index (χ0) is 56.9. The topological polar surface area (TPSA) is 13.0 Å². The normalized spacial score (nSPS) is 18.9. The van der Waals surface area contributed by atoms with Crippen LogP contribution in [0.1, 0.15) is 58.4 Å². The zero-order valence-electron chi connectivity index (χ0n) is 48.9. The van der Waals surface area contributed by atoms with Gasteiger partial charge in [-0.15, -0.1) is 0 Å². The van der Waals surface area contributed by atoms with E-state index in [1.165, 1.54) is 165 Å². The van der Waals surface area contributed by atoms with Gasteiger partial charge in [-0.2, -0.15) is 0 Å². The molecule has 2 aliphatic carbocycles. The SMILES string of the molecule is CC(C)(C)c1cc2c3c(c1)N(c1c(-c4ccccc4)cc(-c4ccccc4)cc1-c1ccccc1)c1cc4c(cc1B3c1ccccc1N2c1ccccc1)B1c2ccccc2N(c2ccccc2)c2cc(N3C5CC6CC(C5)CC3C6)cc(c21)S4. The van der Waals surface area contributed by atoms with Gasteiger partial charge in [0.1, 0.15) is 0 Å². The first kappa shape index (κ1) is 50.4. The lowest BCUT2D eigenvalue weighted by Crippen LogP contribution is -2.64. The summed E-state index contributed by atoms with van der Waals surface area (Å²) in [6.07, 6.45) is 6.71. The number of hydrogen-bond acceptors (Lipinski definition) is 5. The minimum Gasteiger partial charge on any atom is -0.365 e. The molecule has 0 aromatic heterocycles. The maximum atomic E-state index is 2.92. The van der Waals surface area contributed by atoms with Crippen molar-refractivity contribution in [1.29, 1.82) is 0 Å². The van der Waals surface area contributed by atoms with Gasteiger partial charge >= 0.3 is 0 Å². The first-order chi connectivity index (χ1) is 42.3. The van der Waals surface area contributed by atoms with Crippen molar-refractivity contribution in [3.05, 3.63) is 254 Å². The third-order valence-corrected chi connectivity index (χ3v) is 21.6. The Kier molecular flexibility index (Phi) is 11.3. The van der Waals surface area contributed by atoms with E-state index in [9.17, 15) is 0 Å². The van der Waals surface area contributed by atoms with Crippen LogP contribution in [0.5, 0.6) is 0 Å². The summed E-state index contributed by atoms with van der Waals surface area (Å²) in [7, 11) is 0. The lowest BCUT2D eigenvalue weighted by atomic mass is 9.31. The molecule has 2 saturated carbocycles. The van der Waals surface area contributed by atoms with Crippen LogP contribution in [0.3, 0.4) is 0 Å². The van der Waals surface area contributed by atoms with Gasteiger partial charge in [0, 0.05) is 84.2 Å². The lowest BCUT2D eigenvalue weighted by molar-refractivity contribution is 0.0900. The third-order valence-electron chi connectivity index (χ3n) is 20.4. The Morgan fingerprint density at radius 1 is 0.349 bits per heavy atom. The molecule has 2 saturated heterocycles. The van der Waals surface area contributed by atoms with E-state index in [1.807, 2.05) is 11.8 Å². The quantitative estimate of drug-likeness (QED) is 0.147. The fourth-order valence-electron chi connectivity index (χ4n) is 17.0. The smallest absolute Gasteiger partial charge is 0.252 e. The molecule has 4 bridgehead atoms. The Morgan fingerprint density at radius 3 is 1.35 bits per heavy atom. The largest absolute Gasteiger partial charge is 0.365 e. The number of para-hydroxylation sites is 4. The average Bonchev–Trinajstić information content (AvgIpc) is 0.739. The number of benzene rings is 11. The van der Waals surface area contributed by atoms with Crippen molar-refractivity contribution < 1.29 is 0 Å². The highest BCUT2D eigenvalue weighted by molar-refractivity contribution is 8.00. The van der Waals surface area contributed by atoms with E-state index < -0.39 is 0 Å². The molecule has 0 N–H and O–H groups in total. The summed E-state index contributed by atoms with van der Waals surface area (Å²) in [4.78, 5) is 13.6. The molecule has 19 rings (SSSR count). The summed E-state index contributed by atoms with van der Waals surface area (Å²) < 4.78 is 0. The Labute approximate surface area is 511 Å². The van der Waals surface area contributed by atoms with Crippen molar-refractivity contribution in [2.45, 2.75) is 80.2 Å². The maximum Gasteiger partial charge on any atom is 0.252 e. The molecule has 412 valence electrons. The second-order valence-corrected chi connectivity index (χ2v) is 27.5. The Balaban J connectivity index is 0.959. The van der Waals surface area contributed by atoms with Crippen LogP contribution in [0, 0.1) is 11.8 Å². The van der Waals surface area contributed by atoms with Crippen LogP contribution in [0.4, 0.5) is 56.9 Å². The molecule has 86 heavy (non-hydrogen) atoms. The predicted octanol–water partition coefficient (Wildman–Crippen LogP) is 16.6. The highest BCUT2D eigenvalue weighted by atomic mass is 32.2. The molecule has 6 heterocycles. The number of nitrogens with zero attached hydrogens (tertiary/aromatic N) is 4. The van der Waals surface area contributed by atoms with Crippen LogP contribution in [-0.2, 0) is 5.41 Å². The molecule has 4 nitrogen and oxygen atoms in total. The first-order valence-corrected chi connectivity index (χ1v) is 32.1. The Bertz CT molecular complexity index is 4440. The van der Waals surface area contributed by atoms with Gasteiger partial charge in [-0.25, -0.2) is 0 Å². The molecule has 0 atom stereocenters. The predicted molar refractivity (Wildman–Crippen MR) is 365 cm³/mol. The molecule has 8 aliphatic rings. The first-order valence-electron chi connectivity index (χ1n) is 31.3. The maximum absolute atomic E-state index is 2.92. The third kappa shape index (κ3) is 7.72. The van der Waals surface area contributed by atoms with E-state index in [0.717, 1.165) is 17.5 Å². The Morgan fingerprint density at radius 2 is 0.814 bits per heavy atom. The highest BCUT2D eigenvalue weighted by Gasteiger charge is 2.51. The van der Waals surface area contributed by atoms with Crippen molar-refractivity contribution in [2.24, 2.45) is 11.8 Å². The summed E-state index contributed by atoms with van der Waals surface area (Å²) >= 11 is 2.02. The summed E-state index contributed by atoms with van der Waals surface area (Å²) in [6.45, 7) is 7.08. The van der Waals surface area contributed by atoms with Gasteiger partial charge < -0.3 is 19.6 Å². The van der Waals surface area contributed by atoms with E-state index in [4.69, 9.17) is 0 Å². The lowest BCUT2D eigenvalue weighted by Gasteiger charge is -2.57. The van der Waals surface area contributed by atoms with Gasteiger partial charge in [-0.3, -0.25) is 0 Å². The second kappa shape index (κ2) is 19.3. The van der Waals surface area contributed by atoms with Gasteiger partial charge in [0.2, 0.25) is 6.71 Å². The minimum absolute atomic E-state index is 0.00223. The van der Waals surface area contributed by atoms with E-state index in [0.29, 0.717) is 12.1 Å². The molecule has 7 heteroatoms. The number of anilines is 10. The van der Waals surface area contributed by atoms with Crippen molar-refractivity contribution in [3.8, 4) is 33.4 Å². The van der Waals surface area contributed by atoms with E-state index in [1.54, 1.807) is 0 Å². The van der Waals surface area contributed by atoms with Gasteiger partial charge in [0.15, 0.2) is 0 Å². The molecule has 0 amide bonds. The van der Waals surface area contributed by atoms with Crippen LogP contribution < -0.4 is 52.4 Å². The van der Waals surface area contributed by atoms with Crippen molar-refractivity contribution in [3.63, 3.8) is 0 Å². The van der Waals surface area contributed by atoms with Crippen LogP contribution in [0.25, 0.3) is 33.4 Å². The van der Waals surface area contributed by atoms with Gasteiger partial charge in [0.25, 0.3) is 6.71 Å². The molecule has 6 aliphatic heterocycles. The molecule has 11 aromatic rings. The number of piperidine rings is 2. The summed E-state index contributed by atoms with van der Waals surface area (Å²) in [5.74, 6) is 1.74. The number of rotatable bonds is 7. The number of hydrogen-bond donors (Lipinski definition) is 0. The van der Waals surface area contributed by atoms with Crippen molar-refractivity contribution in [1.82, 2.24) is 0 Å². The molecule has 0 unspecified atom stereocenters. The molecule has 4 fully saturated rings. The fraction of sp³-hybridized carbons (Fsp3) is 0.165. The fourth-order valence-corrected chi connectivity index (χ4v) is 18.2. The van der Waals surface area contributed by atoms with Crippen molar-refractivity contribution in [2.75, 3.05) is 19.6 Å². The van der Waals surface area contributed by atoms with Crippen LogP contribution in [-0.4, -0.2) is 25.5 Å². The summed E-state index contributed by atoms with van der Waals surface area (Å²) in [5, 5.41) is 0. The van der Waals surface area contributed by atoms with Gasteiger partial charge in [0.05, 0.1) is 5.69 Å². The average molecular weight is 1120 g/mol. The van der Waals surface area contributed by atoms with E-state index in [2.05, 4.69) is 289 Å².